The van der Waals surface area contributed by atoms with Crippen molar-refractivity contribution in [3.05, 3.63) is 70.3 Å². The molecular formula is C22H20Cl2N4O. The summed E-state index contributed by atoms with van der Waals surface area (Å²) in [5, 5.41) is 4.22. The minimum Gasteiger partial charge on any atom is -0.435 e. The molecule has 148 valence electrons. The van der Waals surface area contributed by atoms with Gasteiger partial charge in [0.1, 0.15) is 11.4 Å². The van der Waals surface area contributed by atoms with Crippen LogP contribution in [0.2, 0.25) is 10.0 Å². The quantitative estimate of drug-likeness (QED) is 0.365. The number of anilines is 2. The van der Waals surface area contributed by atoms with Crippen molar-refractivity contribution in [3.63, 3.8) is 0 Å². The van der Waals surface area contributed by atoms with Crippen molar-refractivity contribution < 1.29 is 4.74 Å². The second-order valence-corrected chi connectivity index (χ2v) is 8.57. The molecule has 0 aliphatic carbocycles. The van der Waals surface area contributed by atoms with Crippen molar-refractivity contribution in [2.75, 3.05) is 5.32 Å². The van der Waals surface area contributed by atoms with Gasteiger partial charge in [-0.15, -0.1) is 0 Å². The van der Waals surface area contributed by atoms with Gasteiger partial charge < -0.3 is 15.0 Å². The van der Waals surface area contributed by atoms with Gasteiger partial charge in [0.15, 0.2) is 0 Å². The smallest absolute Gasteiger partial charge is 0.243 e. The molecule has 0 saturated carbocycles. The molecule has 0 fully saturated rings. The van der Waals surface area contributed by atoms with Gasteiger partial charge in [0.05, 0.1) is 16.1 Å². The van der Waals surface area contributed by atoms with Crippen LogP contribution in [-0.2, 0) is 5.41 Å². The molecule has 2 aromatic heterocycles. The normalized spacial score (nSPS) is 11.6. The molecule has 5 nitrogen and oxygen atoms in total. The van der Waals surface area contributed by atoms with E-state index in [-0.39, 0.29) is 5.41 Å². The Morgan fingerprint density at radius 3 is 2.66 bits per heavy atom. The molecule has 29 heavy (non-hydrogen) atoms. The van der Waals surface area contributed by atoms with Crippen molar-refractivity contribution in [2.24, 2.45) is 0 Å². The van der Waals surface area contributed by atoms with E-state index in [1.807, 2.05) is 18.2 Å². The van der Waals surface area contributed by atoms with E-state index >= 15 is 0 Å². The Balaban J connectivity index is 1.64. The lowest BCUT2D eigenvalue weighted by Crippen LogP contribution is -2.10. The molecule has 0 amide bonds. The van der Waals surface area contributed by atoms with Crippen molar-refractivity contribution in [1.82, 2.24) is 15.0 Å². The molecular weight excluding hydrogens is 407 g/mol. The highest BCUT2D eigenvalue weighted by molar-refractivity contribution is 6.34. The molecule has 0 unspecified atom stereocenters. The minimum absolute atomic E-state index is 0.0630. The molecule has 4 rings (SSSR count). The first-order valence-electron chi connectivity index (χ1n) is 9.15. The van der Waals surface area contributed by atoms with Gasteiger partial charge in [0.25, 0.3) is 0 Å². The van der Waals surface area contributed by atoms with E-state index < -0.39 is 0 Å². The highest BCUT2D eigenvalue weighted by atomic mass is 35.5. The number of H-pyrrole nitrogens is 1. The summed E-state index contributed by atoms with van der Waals surface area (Å²) < 4.78 is 5.90. The van der Waals surface area contributed by atoms with Crippen molar-refractivity contribution in [3.8, 4) is 11.6 Å². The maximum atomic E-state index is 6.21. The first-order chi connectivity index (χ1) is 13.8. The number of nitrogens with one attached hydrogen (secondary N) is 2. The van der Waals surface area contributed by atoms with E-state index in [9.17, 15) is 0 Å². The fourth-order valence-corrected chi connectivity index (χ4v) is 3.21. The van der Waals surface area contributed by atoms with Gasteiger partial charge in [0, 0.05) is 17.3 Å². The van der Waals surface area contributed by atoms with E-state index in [0.717, 1.165) is 11.0 Å². The predicted molar refractivity (Wildman–Crippen MR) is 119 cm³/mol. The van der Waals surface area contributed by atoms with Crippen LogP contribution in [0.5, 0.6) is 11.6 Å². The summed E-state index contributed by atoms with van der Waals surface area (Å²) in [6.07, 6.45) is 1.65. The van der Waals surface area contributed by atoms with Crippen LogP contribution >= 0.6 is 23.2 Å². The number of aromatic amines is 1. The monoisotopic (exact) mass is 426 g/mol. The number of imidazole rings is 1. The van der Waals surface area contributed by atoms with Crippen LogP contribution in [0.1, 0.15) is 26.3 Å². The number of hydrogen-bond acceptors (Lipinski definition) is 4. The number of benzene rings is 2. The van der Waals surface area contributed by atoms with Crippen LogP contribution in [0.4, 0.5) is 11.6 Å². The molecule has 0 atom stereocenters. The molecule has 0 spiro atoms. The first-order valence-corrected chi connectivity index (χ1v) is 9.90. The topological polar surface area (TPSA) is 62.8 Å². The lowest BCUT2D eigenvalue weighted by atomic mass is 9.87. The maximum Gasteiger partial charge on any atom is 0.243 e. The van der Waals surface area contributed by atoms with Crippen LogP contribution in [-0.4, -0.2) is 15.0 Å². The molecule has 0 aliphatic rings. The van der Waals surface area contributed by atoms with Crippen LogP contribution < -0.4 is 10.1 Å². The minimum atomic E-state index is 0.0630. The van der Waals surface area contributed by atoms with E-state index in [0.29, 0.717) is 33.3 Å². The fraction of sp³-hybridized carbons (Fsp3) is 0.182. The average Bonchev–Trinajstić information content (AvgIpc) is 3.07. The van der Waals surface area contributed by atoms with Crippen LogP contribution in [0, 0.1) is 0 Å². The predicted octanol–water partition coefficient (Wildman–Crippen LogP) is 7.10. The Morgan fingerprint density at radius 2 is 1.86 bits per heavy atom. The summed E-state index contributed by atoms with van der Waals surface area (Å²) >= 11 is 12.3. The molecule has 2 heterocycles. The summed E-state index contributed by atoms with van der Waals surface area (Å²) in [7, 11) is 0. The SMILES string of the molecule is CC(C)(C)c1ccc2nc(Nc3cccnc3Oc3cc(Cl)ccc3Cl)[nH]c2c1. The second kappa shape index (κ2) is 7.58. The summed E-state index contributed by atoms with van der Waals surface area (Å²) in [4.78, 5) is 12.2. The molecule has 7 heteroatoms. The van der Waals surface area contributed by atoms with Gasteiger partial charge in [-0.2, -0.15) is 0 Å². The van der Waals surface area contributed by atoms with Crippen LogP contribution in [0.15, 0.2) is 54.7 Å². The number of halogens is 2. The molecule has 0 aliphatic heterocycles. The van der Waals surface area contributed by atoms with E-state index in [4.69, 9.17) is 27.9 Å². The summed E-state index contributed by atoms with van der Waals surface area (Å²) in [6.45, 7) is 6.55. The van der Waals surface area contributed by atoms with Gasteiger partial charge in [-0.1, -0.05) is 50.0 Å². The highest BCUT2D eigenvalue weighted by Gasteiger charge is 2.16. The number of fused-ring (bicyclic) bond motifs is 1. The number of rotatable bonds is 4. The van der Waals surface area contributed by atoms with Crippen molar-refractivity contribution in [2.45, 2.75) is 26.2 Å². The van der Waals surface area contributed by atoms with Crippen molar-refractivity contribution >= 4 is 45.9 Å². The molecule has 4 aromatic rings. The molecule has 0 bridgehead atoms. The largest absolute Gasteiger partial charge is 0.435 e. The van der Waals surface area contributed by atoms with E-state index in [1.54, 1.807) is 24.4 Å². The maximum absolute atomic E-state index is 6.21. The Bertz CT molecular complexity index is 1180. The first kappa shape index (κ1) is 19.6. The molecule has 2 N–H and O–H groups in total. The third-order valence-electron chi connectivity index (χ3n) is 4.47. The third-order valence-corrected chi connectivity index (χ3v) is 5.02. The number of aromatic nitrogens is 3. The molecule has 0 radical (unpaired) electrons. The van der Waals surface area contributed by atoms with Gasteiger partial charge in [0.2, 0.25) is 11.8 Å². The number of nitrogens with zero attached hydrogens (tertiary/aromatic N) is 2. The fourth-order valence-electron chi connectivity index (χ4n) is 2.89. The lowest BCUT2D eigenvalue weighted by Gasteiger charge is -2.18. The zero-order valence-corrected chi connectivity index (χ0v) is 17.8. The van der Waals surface area contributed by atoms with Gasteiger partial charge in [-0.25, -0.2) is 9.97 Å². The van der Waals surface area contributed by atoms with E-state index in [2.05, 4.69) is 53.2 Å². The number of ether oxygens (including phenoxy) is 1. The Hall–Kier alpha value is -2.76. The second-order valence-electron chi connectivity index (χ2n) is 7.73. The standard InChI is InChI=1S/C22H20Cl2N4O/c1-22(2,3)13-6-9-16-18(11-13)28-21(26-16)27-17-5-4-10-25-20(17)29-19-12-14(23)7-8-15(19)24/h4-12H,1-3H3,(H2,26,27,28). The molecule has 0 saturated heterocycles. The molecule has 2 aromatic carbocycles. The third kappa shape index (κ3) is 4.31. The highest BCUT2D eigenvalue weighted by Crippen LogP contribution is 2.35. The Labute approximate surface area is 179 Å². The summed E-state index contributed by atoms with van der Waals surface area (Å²) in [5.41, 5.74) is 3.79. The Kier molecular flexibility index (Phi) is 5.11. The zero-order chi connectivity index (χ0) is 20.6. The van der Waals surface area contributed by atoms with Gasteiger partial charge in [-0.3, -0.25) is 0 Å². The average molecular weight is 427 g/mol. The van der Waals surface area contributed by atoms with Gasteiger partial charge in [-0.05, 0) is 47.4 Å². The number of pyridine rings is 1. The summed E-state index contributed by atoms with van der Waals surface area (Å²) in [6, 6.07) is 15.0. The zero-order valence-electron chi connectivity index (χ0n) is 16.3. The summed E-state index contributed by atoms with van der Waals surface area (Å²) in [5.74, 6) is 1.40. The van der Waals surface area contributed by atoms with Crippen LogP contribution in [0.3, 0.4) is 0 Å². The lowest BCUT2D eigenvalue weighted by molar-refractivity contribution is 0.465. The van der Waals surface area contributed by atoms with Crippen molar-refractivity contribution in [1.29, 1.82) is 0 Å². The number of hydrogen-bond donors (Lipinski definition) is 2. The van der Waals surface area contributed by atoms with E-state index in [1.165, 1.54) is 5.56 Å². The van der Waals surface area contributed by atoms with Gasteiger partial charge >= 0.3 is 0 Å². The van der Waals surface area contributed by atoms with Crippen LogP contribution in [0.25, 0.3) is 11.0 Å². The Morgan fingerprint density at radius 1 is 1.03 bits per heavy atom.